The minimum absolute atomic E-state index is 0.0272. The van der Waals surface area contributed by atoms with E-state index in [0.29, 0.717) is 25.2 Å². The monoisotopic (exact) mass is 257 g/mol. The Morgan fingerprint density at radius 1 is 1.28 bits per heavy atom. The van der Waals surface area contributed by atoms with Gasteiger partial charge in [0.1, 0.15) is 0 Å². The second kappa shape index (κ2) is 8.08. The van der Waals surface area contributed by atoms with Crippen molar-refractivity contribution in [1.82, 2.24) is 5.32 Å². The summed E-state index contributed by atoms with van der Waals surface area (Å²) in [7, 11) is 0. The summed E-state index contributed by atoms with van der Waals surface area (Å²) in [5, 5.41) is 11.5. The van der Waals surface area contributed by atoms with Gasteiger partial charge in [-0.3, -0.25) is 9.59 Å². The summed E-state index contributed by atoms with van der Waals surface area (Å²) in [6, 6.07) is 0.181. The van der Waals surface area contributed by atoms with Gasteiger partial charge < -0.3 is 15.2 Å². The summed E-state index contributed by atoms with van der Waals surface area (Å²) in [6.07, 6.45) is 3.76. The fourth-order valence-corrected chi connectivity index (χ4v) is 2.22. The van der Waals surface area contributed by atoms with Crippen molar-refractivity contribution in [2.75, 3.05) is 13.2 Å². The largest absolute Gasteiger partial charge is 0.481 e. The predicted molar refractivity (Wildman–Crippen MR) is 67.3 cm³/mol. The van der Waals surface area contributed by atoms with E-state index in [4.69, 9.17) is 9.84 Å². The quantitative estimate of drug-likeness (QED) is 0.679. The predicted octanol–water partition coefficient (Wildman–Crippen LogP) is 1.56. The molecule has 0 aromatic rings. The standard InChI is InChI=1S/C13H23NO4/c1-10(11-6-8-18-9-7-11)14-12(15)4-2-3-5-13(16)17/h10-11H,2-9H2,1H3,(H,14,15)(H,16,17). The number of carboxylic acids is 1. The zero-order valence-corrected chi connectivity index (χ0v) is 11.0. The van der Waals surface area contributed by atoms with Crippen molar-refractivity contribution in [1.29, 1.82) is 0 Å². The lowest BCUT2D eigenvalue weighted by atomic mass is 9.93. The van der Waals surface area contributed by atoms with Crippen molar-refractivity contribution in [3.63, 3.8) is 0 Å². The van der Waals surface area contributed by atoms with Crippen LogP contribution in [0.15, 0.2) is 0 Å². The van der Waals surface area contributed by atoms with Crippen LogP contribution in [0.1, 0.15) is 45.4 Å². The molecule has 1 amide bonds. The lowest BCUT2D eigenvalue weighted by Gasteiger charge is -2.28. The fourth-order valence-electron chi connectivity index (χ4n) is 2.22. The molecule has 0 aromatic heterocycles. The molecule has 18 heavy (non-hydrogen) atoms. The van der Waals surface area contributed by atoms with Gasteiger partial charge in [-0.15, -0.1) is 0 Å². The van der Waals surface area contributed by atoms with Crippen molar-refractivity contribution in [2.45, 2.75) is 51.5 Å². The maximum atomic E-state index is 11.7. The Morgan fingerprint density at radius 2 is 1.89 bits per heavy atom. The molecule has 1 saturated heterocycles. The molecule has 5 heteroatoms. The van der Waals surface area contributed by atoms with E-state index in [9.17, 15) is 9.59 Å². The molecular weight excluding hydrogens is 234 g/mol. The number of nitrogens with one attached hydrogen (secondary N) is 1. The Kier molecular flexibility index (Phi) is 6.72. The van der Waals surface area contributed by atoms with Crippen LogP contribution in [0.4, 0.5) is 0 Å². The van der Waals surface area contributed by atoms with Gasteiger partial charge >= 0.3 is 5.97 Å². The smallest absolute Gasteiger partial charge is 0.303 e. The number of aliphatic carboxylic acids is 1. The van der Waals surface area contributed by atoms with E-state index in [0.717, 1.165) is 26.1 Å². The highest BCUT2D eigenvalue weighted by molar-refractivity contribution is 5.76. The molecule has 1 fully saturated rings. The second-order valence-corrected chi connectivity index (χ2v) is 4.91. The van der Waals surface area contributed by atoms with Crippen LogP contribution in [0.25, 0.3) is 0 Å². The van der Waals surface area contributed by atoms with E-state index in [1.807, 2.05) is 6.92 Å². The van der Waals surface area contributed by atoms with E-state index in [1.54, 1.807) is 0 Å². The number of carbonyl (C=O) groups excluding carboxylic acids is 1. The van der Waals surface area contributed by atoms with Crippen LogP contribution in [-0.2, 0) is 14.3 Å². The number of rotatable bonds is 7. The molecule has 2 N–H and O–H groups in total. The Labute approximate surface area is 108 Å². The van der Waals surface area contributed by atoms with E-state index < -0.39 is 5.97 Å². The van der Waals surface area contributed by atoms with Gasteiger partial charge in [-0.2, -0.15) is 0 Å². The average molecular weight is 257 g/mol. The summed E-state index contributed by atoms with van der Waals surface area (Å²) < 4.78 is 5.29. The zero-order valence-electron chi connectivity index (χ0n) is 11.0. The van der Waals surface area contributed by atoms with E-state index in [1.165, 1.54) is 0 Å². The SMILES string of the molecule is CC(NC(=O)CCCCC(=O)O)C1CCOCC1. The first-order chi connectivity index (χ1) is 8.59. The first kappa shape index (κ1) is 15.0. The summed E-state index contributed by atoms with van der Waals surface area (Å²) in [5.41, 5.74) is 0. The van der Waals surface area contributed by atoms with Gasteiger partial charge in [0, 0.05) is 32.1 Å². The van der Waals surface area contributed by atoms with Crippen LogP contribution in [-0.4, -0.2) is 36.2 Å². The highest BCUT2D eigenvalue weighted by Crippen LogP contribution is 2.18. The molecule has 0 bridgehead atoms. The number of hydrogen-bond acceptors (Lipinski definition) is 3. The molecule has 0 radical (unpaired) electrons. The second-order valence-electron chi connectivity index (χ2n) is 4.91. The van der Waals surface area contributed by atoms with E-state index in [-0.39, 0.29) is 18.4 Å². The lowest BCUT2D eigenvalue weighted by Crippen LogP contribution is -2.40. The third-order valence-electron chi connectivity index (χ3n) is 3.41. The molecular formula is C13H23NO4. The molecule has 5 nitrogen and oxygen atoms in total. The van der Waals surface area contributed by atoms with Crippen LogP contribution >= 0.6 is 0 Å². The van der Waals surface area contributed by atoms with Crippen LogP contribution in [0.3, 0.4) is 0 Å². The number of ether oxygens (including phenoxy) is 1. The molecule has 1 heterocycles. The van der Waals surface area contributed by atoms with E-state index in [2.05, 4.69) is 5.32 Å². The van der Waals surface area contributed by atoms with Crippen LogP contribution in [0.2, 0.25) is 0 Å². The van der Waals surface area contributed by atoms with Gasteiger partial charge in [0.05, 0.1) is 0 Å². The molecule has 1 atom stereocenters. The number of hydrogen-bond donors (Lipinski definition) is 2. The topological polar surface area (TPSA) is 75.6 Å². The number of unbranched alkanes of at least 4 members (excludes halogenated alkanes) is 1. The van der Waals surface area contributed by atoms with Gasteiger partial charge in [0.2, 0.25) is 5.91 Å². The molecule has 1 unspecified atom stereocenters. The van der Waals surface area contributed by atoms with Gasteiger partial charge in [-0.1, -0.05) is 0 Å². The lowest BCUT2D eigenvalue weighted by molar-refractivity contribution is -0.137. The molecule has 1 rings (SSSR count). The minimum Gasteiger partial charge on any atom is -0.481 e. The minimum atomic E-state index is -0.800. The van der Waals surface area contributed by atoms with Crippen LogP contribution < -0.4 is 5.32 Å². The third kappa shape index (κ3) is 6.00. The third-order valence-corrected chi connectivity index (χ3v) is 3.41. The summed E-state index contributed by atoms with van der Waals surface area (Å²) >= 11 is 0. The average Bonchev–Trinajstić information content (AvgIpc) is 2.35. The van der Waals surface area contributed by atoms with Gasteiger partial charge in [-0.05, 0) is 38.5 Å². The van der Waals surface area contributed by atoms with E-state index >= 15 is 0 Å². The maximum Gasteiger partial charge on any atom is 0.303 e. The van der Waals surface area contributed by atoms with Crippen molar-refractivity contribution in [3.8, 4) is 0 Å². The molecule has 0 saturated carbocycles. The van der Waals surface area contributed by atoms with Crippen molar-refractivity contribution in [3.05, 3.63) is 0 Å². The van der Waals surface area contributed by atoms with Crippen molar-refractivity contribution < 1.29 is 19.4 Å². The first-order valence-electron chi connectivity index (χ1n) is 6.68. The Balaban J connectivity index is 2.12. The Bertz CT molecular complexity index is 274. The highest BCUT2D eigenvalue weighted by atomic mass is 16.5. The van der Waals surface area contributed by atoms with Crippen molar-refractivity contribution >= 4 is 11.9 Å². The number of carboxylic acid groups (broad SMARTS) is 1. The summed E-state index contributed by atoms with van der Waals surface area (Å²) in [4.78, 5) is 22.0. The summed E-state index contributed by atoms with van der Waals surface area (Å²) in [6.45, 7) is 3.60. The molecule has 104 valence electrons. The van der Waals surface area contributed by atoms with Crippen LogP contribution in [0.5, 0.6) is 0 Å². The molecule has 0 spiro atoms. The van der Waals surface area contributed by atoms with Crippen LogP contribution in [0, 0.1) is 5.92 Å². The Hall–Kier alpha value is -1.10. The van der Waals surface area contributed by atoms with Gasteiger partial charge in [0.25, 0.3) is 0 Å². The number of amides is 1. The molecule has 0 aliphatic carbocycles. The Morgan fingerprint density at radius 3 is 2.50 bits per heavy atom. The number of carbonyl (C=O) groups is 2. The molecule has 0 aromatic carbocycles. The molecule has 1 aliphatic rings. The first-order valence-corrected chi connectivity index (χ1v) is 6.68. The van der Waals surface area contributed by atoms with Gasteiger partial charge in [-0.25, -0.2) is 0 Å². The fraction of sp³-hybridized carbons (Fsp3) is 0.846. The normalized spacial score (nSPS) is 18.3. The maximum absolute atomic E-state index is 11.7. The molecule has 1 aliphatic heterocycles. The van der Waals surface area contributed by atoms with Crippen molar-refractivity contribution in [2.24, 2.45) is 5.92 Å². The van der Waals surface area contributed by atoms with Gasteiger partial charge in [0.15, 0.2) is 0 Å². The highest BCUT2D eigenvalue weighted by Gasteiger charge is 2.21. The summed E-state index contributed by atoms with van der Waals surface area (Å²) in [5.74, 6) is -0.271. The zero-order chi connectivity index (χ0) is 13.4.